The van der Waals surface area contributed by atoms with Crippen LogP contribution in [0.3, 0.4) is 0 Å². The van der Waals surface area contributed by atoms with E-state index >= 15 is 0 Å². The van der Waals surface area contributed by atoms with Crippen molar-refractivity contribution in [3.63, 3.8) is 0 Å². The molecular weight excluding hydrogens is 302 g/mol. The number of aromatic nitrogens is 5. The summed E-state index contributed by atoms with van der Waals surface area (Å²) in [5.41, 5.74) is 2.37. The van der Waals surface area contributed by atoms with Gasteiger partial charge in [-0.15, -0.1) is 5.10 Å². The molecule has 0 aliphatic carbocycles. The van der Waals surface area contributed by atoms with Crippen molar-refractivity contribution in [2.45, 2.75) is 6.92 Å². The Bertz CT molecular complexity index is 807. The minimum Gasteiger partial charge on any atom is -0.504 e. The second-order valence-electron chi connectivity index (χ2n) is 4.59. The van der Waals surface area contributed by atoms with Gasteiger partial charge in [0.05, 0.1) is 19.1 Å². The van der Waals surface area contributed by atoms with Crippen LogP contribution in [-0.2, 0) is 4.74 Å². The first-order valence-electron chi connectivity index (χ1n) is 6.61. The smallest absolute Gasteiger partial charge is 0.175 e. The van der Waals surface area contributed by atoms with Crippen molar-refractivity contribution in [2.24, 2.45) is 0 Å². The highest BCUT2D eigenvalue weighted by molar-refractivity contribution is 6.31. The first-order valence-corrected chi connectivity index (χ1v) is 6.99. The van der Waals surface area contributed by atoms with Crippen LogP contribution in [0.4, 0.5) is 0 Å². The fourth-order valence-corrected chi connectivity index (χ4v) is 2.38. The predicted molar refractivity (Wildman–Crippen MR) is 84.3 cm³/mol. The van der Waals surface area contributed by atoms with Crippen molar-refractivity contribution < 1.29 is 4.74 Å². The molecule has 0 aliphatic rings. The van der Waals surface area contributed by atoms with Gasteiger partial charge >= 0.3 is 0 Å². The molecule has 0 bridgehead atoms. The summed E-state index contributed by atoms with van der Waals surface area (Å²) in [6, 6.07) is 5.64. The Morgan fingerprint density at radius 3 is 2.86 bits per heavy atom. The second kappa shape index (κ2) is 6.03. The number of rotatable bonds is 4. The topological polar surface area (TPSA) is 57.8 Å². The van der Waals surface area contributed by atoms with Gasteiger partial charge < -0.3 is 4.74 Å². The van der Waals surface area contributed by atoms with E-state index in [1.54, 1.807) is 35.0 Å². The van der Waals surface area contributed by atoms with Gasteiger partial charge in [0.25, 0.3) is 0 Å². The molecule has 0 spiro atoms. The van der Waals surface area contributed by atoms with Crippen LogP contribution in [0.15, 0.2) is 43.1 Å². The van der Waals surface area contributed by atoms with E-state index in [2.05, 4.69) is 15.2 Å². The predicted octanol–water partition coefficient (Wildman–Crippen LogP) is 3.03. The maximum absolute atomic E-state index is 6.25. The maximum Gasteiger partial charge on any atom is 0.175 e. The van der Waals surface area contributed by atoms with Crippen molar-refractivity contribution in [1.82, 2.24) is 24.5 Å². The standard InChI is InChI=1S/C15H14ClN5O/c1-11-10-13(12(5-9-22-2)15(16)18-11)20-8-4-14(19-20)21-7-3-6-17-21/h3-10H,1-2H3. The minimum absolute atomic E-state index is 0.402. The molecule has 6 nitrogen and oxygen atoms in total. The molecule has 0 amide bonds. The quantitative estimate of drug-likeness (QED) is 0.548. The summed E-state index contributed by atoms with van der Waals surface area (Å²) >= 11 is 6.25. The number of hydrogen-bond donors (Lipinski definition) is 0. The molecule has 3 aromatic rings. The zero-order valence-electron chi connectivity index (χ0n) is 12.1. The SMILES string of the molecule is COC=Cc1c(-n2ccc(-n3cccn3)n2)cc(C)nc1Cl. The van der Waals surface area contributed by atoms with Crippen molar-refractivity contribution in [3.05, 3.63) is 59.5 Å². The fourth-order valence-electron chi connectivity index (χ4n) is 2.08. The van der Waals surface area contributed by atoms with E-state index in [-0.39, 0.29) is 0 Å². The number of methoxy groups -OCH3 is 1. The molecule has 0 saturated carbocycles. The molecule has 3 aromatic heterocycles. The van der Waals surface area contributed by atoms with Crippen LogP contribution in [0, 0.1) is 6.92 Å². The molecule has 7 heteroatoms. The van der Waals surface area contributed by atoms with E-state index < -0.39 is 0 Å². The van der Waals surface area contributed by atoms with Crippen molar-refractivity contribution in [3.8, 4) is 11.5 Å². The Kier molecular flexibility index (Phi) is 3.93. The lowest BCUT2D eigenvalue weighted by Crippen LogP contribution is -2.03. The third kappa shape index (κ3) is 2.73. The molecular formula is C15H14ClN5O. The summed E-state index contributed by atoms with van der Waals surface area (Å²) in [6.45, 7) is 1.89. The summed E-state index contributed by atoms with van der Waals surface area (Å²) in [5.74, 6) is 0.720. The fraction of sp³-hybridized carbons (Fsp3) is 0.133. The van der Waals surface area contributed by atoms with E-state index in [1.165, 1.54) is 0 Å². The normalized spacial score (nSPS) is 11.2. The Balaban J connectivity index is 2.09. The van der Waals surface area contributed by atoms with Crippen molar-refractivity contribution in [2.75, 3.05) is 7.11 Å². The zero-order valence-corrected chi connectivity index (χ0v) is 12.9. The zero-order chi connectivity index (χ0) is 15.5. The lowest BCUT2D eigenvalue weighted by atomic mass is 10.2. The van der Waals surface area contributed by atoms with Crippen molar-refractivity contribution in [1.29, 1.82) is 0 Å². The summed E-state index contributed by atoms with van der Waals surface area (Å²) in [7, 11) is 1.58. The number of pyridine rings is 1. The molecule has 0 atom stereocenters. The van der Waals surface area contributed by atoms with E-state index in [4.69, 9.17) is 16.3 Å². The maximum atomic E-state index is 6.25. The summed E-state index contributed by atoms with van der Waals surface area (Å²) < 4.78 is 8.41. The van der Waals surface area contributed by atoms with Gasteiger partial charge in [0, 0.05) is 35.9 Å². The van der Waals surface area contributed by atoms with Gasteiger partial charge in [0.15, 0.2) is 5.82 Å². The number of hydrogen-bond acceptors (Lipinski definition) is 4. The van der Waals surface area contributed by atoms with Gasteiger partial charge in [-0.1, -0.05) is 11.6 Å². The van der Waals surface area contributed by atoms with Crippen LogP contribution in [0.5, 0.6) is 0 Å². The molecule has 0 saturated heterocycles. The lowest BCUT2D eigenvalue weighted by Gasteiger charge is -2.09. The highest BCUT2D eigenvalue weighted by Gasteiger charge is 2.11. The van der Waals surface area contributed by atoms with E-state index in [9.17, 15) is 0 Å². The second-order valence-corrected chi connectivity index (χ2v) is 4.95. The van der Waals surface area contributed by atoms with Gasteiger partial charge in [-0.3, -0.25) is 0 Å². The number of aryl methyl sites for hydroxylation is 1. The minimum atomic E-state index is 0.402. The average molecular weight is 316 g/mol. The molecule has 0 aromatic carbocycles. The summed E-state index contributed by atoms with van der Waals surface area (Å²) in [4.78, 5) is 4.27. The monoisotopic (exact) mass is 315 g/mol. The van der Waals surface area contributed by atoms with Gasteiger partial charge in [0.1, 0.15) is 5.15 Å². The molecule has 0 aliphatic heterocycles. The Morgan fingerprint density at radius 2 is 2.14 bits per heavy atom. The van der Waals surface area contributed by atoms with Crippen LogP contribution in [0.2, 0.25) is 5.15 Å². The molecule has 3 heterocycles. The van der Waals surface area contributed by atoms with Crippen LogP contribution in [0.25, 0.3) is 17.6 Å². The van der Waals surface area contributed by atoms with Gasteiger partial charge in [0.2, 0.25) is 0 Å². The highest BCUT2D eigenvalue weighted by Crippen LogP contribution is 2.24. The van der Waals surface area contributed by atoms with Crippen LogP contribution < -0.4 is 0 Å². The van der Waals surface area contributed by atoms with E-state index in [0.717, 1.165) is 22.8 Å². The Morgan fingerprint density at radius 1 is 1.27 bits per heavy atom. The molecule has 0 fully saturated rings. The van der Waals surface area contributed by atoms with Crippen molar-refractivity contribution >= 4 is 17.7 Å². The molecule has 3 rings (SSSR count). The first kappa shape index (κ1) is 14.3. The molecule has 0 radical (unpaired) electrons. The number of nitrogens with zero attached hydrogens (tertiary/aromatic N) is 5. The third-order valence-electron chi connectivity index (χ3n) is 3.05. The average Bonchev–Trinajstić information content (AvgIpc) is 3.16. The van der Waals surface area contributed by atoms with Crippen LogP contribution in [-0.4, -0.2) is 31.7 Å². The Hall–Kier alpha value is -2.60. The molecule has 22 heavy (non-hydrogen) atoms. The van der Waals surface area contributed by atoms with Gasteiger partial charge in [-0.05, 0) is 25.1 Å². The van der Waals surface area contributed by atoms with E-state index in [0.29, 0.717) is 5.15 Å². The van der Waals surface area contributed by atoms with Crippen LogP contribution >= 0.6 is 11.6 Å². The number of halogens is 1. The molecule has 0 N–H and O–H groups in total. The lowest BCUT2D eigenvalue weighted by molar-refractivity contribution is 0.341. The van der Waals surface area contributed by atoms with Crippen LogP contribution in [0.1, 0.15) is 11.3 Å². The first-order chi connectivity index (χ1) is 10.7. The summed E-state index contributed by atoms with van der Waals surface area (Å²) in [6.07, 6.45) is 8.72. The highest BCUT2D eigenvalue weighted by atomic mass is 35.5. The van der Waals surface area contributed by atoms with Gasteiger partial charge in [-0.25, -0.2) is 14.3 Å². The molecule has 112 valence electrons. The largest absolute Gasteiger partial charge is 0.504 e. The van der Waals surface area contributed by atoms with Gasteiger partial charge in [-0.2, -0.15) is 5.10 Å². The number of ether oxygens (including phenoxy) is 1. The Labute approximate surface area is 132 Å². The summed E-state index contributed by atoms with van der Waals surface area (Å²) in [5, 5.41) is 9.10. The molecule has 0 unspecified atom stereocenters. The third-order valence-corrected chi connectivity index (χ3v) is 3.34. The van der Waals surface area contributed by atoms with E-state index in [1.807, 2.05) is 37.5 Å².